The van der Waals surface area contributed by atoms with Crippen LogP contribution in [0.4, 0.5) is 0 Å². The average Bonchev–Trinajstić information content (AvgIpc) is 3.04. The Kier molecular flexibility index (Phi) is 4.48. The van der Waals surface area contributed by atoms with Gasteiger partial charge in [-0.1, -0.05) is 11.6 Å². The van der Waals surface area contributed by atoms with Crippen molar-refractivity contribution in [2.24, 2.45) is 11.8 Å². The summed E-state index contributed by atoms with van der Waals surface area (Å²) >= 11 is 0. The van der Waals surface area contributed by atoms with Crippen molar-refractivity contribution in [2.75, 3.05) is 6.54 Å². The molecule has 1 aromatic rings. The second-order valence-corrected chi connectivity index (χ2v) is 4.79. The minimum atomic E-state index is -0.861. The number of amides is 1. The summed E-state index contributed by atoms with van der Waals surface area (Å²) in [6.45, 7) is 1.22. The summed E-state index contributed by atoms with van der Waals surface area (Å²) in [5.74, 6) is -1.89. The van der Waals surface area contributed by atoms with Crippen molar-refractivity contribution in [3.8, 4) is 0 Å². The number of nitrogens with one attached hydrogen (secondary N) is 1. The summed E-state index contributed by atoms with van der Waals surface area (Å²) < 4.78 is 1.70. The molecule has 2 N–H and O–H groups in total. The fourth-order valence-electron chi connectivity index (χ4n) is 2.51. The number of aromatic nitrogens is 3. The van der Waals surface area contributed by atoms with E-state index in [0.717, 1.165) is 12.8 Å². The van der Waals surface area contributed by atoms with Crippen molar-refractivity contribution in [1.29, 1.82) is 0 Å². The highest BCUT2D eigenvalue weighted by atomic mass is 16.4. The fourth-order valence-corrected chi connectivity index (χ4v) is 2.51. The van der Waals surface area contributed by atoms with Gasteiger partial charge in [-0.25, -0.2) is 0 Å². The molecule has 0 spiro atoms. The predicted octanol–water partition coefficient (Wildman–Crippen LogP) is 0.285. The lowest BCUT2D eigenvalue weighted by Gasteiger charge is -2.15. The number of carbonyl (C=O) groups excluding carboxylic acids is 1. The molecule has 1 amide bonds. The summed E-state index contributed by atoms with van der Waals surface area (Å²) in [6.07, 6.45) is 6.21. The van der Waals surface area contributed by atoms with Gasteiger partial charge in [-0.3, -0.25) is 14.3 Å². The smallest absolute Gasteiger partial charge is 0.307 e. The van der Waals surface area contributed by atoms with Crippen LogP contribution in [0.1, 0.15) is 25.7 Å². The maximum Gasteiger partial charge on any atom is 0.307 e. The van der Waals surface area contributed by atoms with Crippen LogP contribution in [0.5, 0.6) is 0 Å². The topological polar surface area (TPSA) is 97.1 Å². The highest BCUT2D eigenvalue weighted by Gasteiger charge is 2.37. The van der Waals surface area contributed by atoms with E-state index in [4.69, 9.17) is 5.11 Å². The van der Waals surface area contributed by atoms with Crippen molar-refractivity contribution in [3.63, 3.8) is 0 Å². The van der Waals surface area contributed by atoms with Crippen LogP contribution < -0.4 is 5.32 Å². The number of carboxylic acids is 1. The first kappa shape index (κ1) is 13.5. The van der Waals surface area contributed by atoms with Gasteiger partial charge in [-0.15, -0.1) is 5.10 Å². The Bertz CT molecular complexity index is 432. The van der Waals surface area contributed by atoms with Gasteiger partial charge >= 0.3 is 5.97 Å². The van der Waals surface area contributed by atoms with Gasteiger partial charge in [0.15, 0.2) is 0 Å². The summed E-state index contributed by atoms with van der Waals surface area (Å²) in [7, 11) is 0. The van der Waals surface area contributed by atoms with Crippen molar-refractivity contribution >= 4 is 11.9 Å². The Morgan fingerprint density at radius 3 is 2.84 bits per heavy atom. The highest BCUT2D eigenvalue weighted by Crippen LogP contribution is 2.31. The SMILES string of the molecule is O=C(O)C1CCCC1C(=O)NCCCn1ccnn1. The molecular weight excluding hydrogens is 248 g/mol. The van der Waals surface area contributed by atoms with Gasteiger partial charge in [-0.05, 0) is 19.3 Å². The molecule has 7 heteroatoms. The molecule has 19 heavy (non-hydrogen) atoms. The molecule has 1 saturated carbocycles. The van der Waals surface area contributed by atoms with E-state index in [-0.39, 0.29) is 11.8 Å². The van der Waals surface area contributed by atoms with Crippen LogP contribution >= 0.6 is 0 Å². The van der Waals surface area contributed by atoms with Crippen molar-refractivity contribution in [3.05, 3.63) is 12.4 Å². The zero-order valence-electron chi connectivity index (χ0n) is 10.7. The number of nitrogens with zero attached hydrogens (tertiary/aromatic N) is 3. The van der Waals surface area contributed by atoms with E-state index in [2.05, 4.69) is 15.6 Å². The van der Waals surface area contributed by atoms with Gasteiger partial charge in [0, 0.05) is 19.3 Å². The van der Waals surface area contributed by atoms with E-state index in [1.807, 2.05) is 0 Å². The Morgan fingerprint density at radius 1 is 1.37 bits per heavy atom. The Hall–Kier alpha value is -1.92. The van der Waals surface area contributed by atoms with E-state index in [1.165, 1.54) is 0 Å². The average molecular weight is 266 g/mol. The number of hydrogen-bond acceptors (Lipinski definition) is 4. The second-order valence-electron chi connectivity index (χ2n) is 4.79. The first-order valence-corrected chi connectivity index (χ1v) is 6.53. The molecule has 1 aliphatic rings. The maximum absolute atomic E-state index is 11.9. The Labute approximate surface area is 111 Å². The third-order valence-corrected chi connectivity index (χ3v) is 3.51. The number of carboxylic acid groups (broad SMARTS) is 1. The molecule has 0 radical (unpaired) electrons. The minimum absolute atomic E-state index is 0.136. The molecule has 1 aromatic heterocycles. The van der Waals surface area contributed by atoms with Crippen LogP contribution in [0.15, 0.2) is 12.4 Å². The molecule has 1 aliphatic carbocycles. The largest absolute Gasteiger partial charge is 0.481 e. The quantitative estimate of drug-likeness (QED) is 0.721. The van der Waals surface area contributed by atoms with Crippen LogP contribution in [0.3, 0.4) is 0 Å². The summed E-state index contributed by atoms with van der Waals surface area (Å²) in [5, 5.41) is 19.3. The van der Waals surface area contributed by atoms with Crippen LogP contribution in [-0.4, -0.2) is 38.5 Å². The third kappa shape index (κ3) is 3.52. The first-order chi connectivity index (χ1) is 9.18. The van der Waals surface area contributed by atoms with Gasteiger partial charge in [0.2, 0.25) is 5.91 Å². The van der Waals surface area contributed by atoms with E-state index < -0.39 is 11.9 Å². The van der Waals surface area contributed by atoms with Crippen LogP contribution in [0, 0.1) is 11.8 Å². The number of carbonyl (C=O) groups is 2. The van der Waals surface area contributed by atoms with Crippen molar-refractivity contribution in [1.82, 2.24) is 20.3 Å². The molecule has 0 aliphatic heterocycles. The van der Waals surface area contributed by atoms with Crippen molar-refractivity contribution in [2.45, 2.75) is 32.2 Å². The first-order valence-electron chi connectivity index (χ1n) is 6.53. The van der Waals surface area contributed by atoms with Gasteiger partial charge in [0.05, 0.1) is 18.0 Å². The third-order valence-electron chi connectivity index (χ3n) is 3.51. The minimum Gasteiger partial charge on any atom is -0.481 e. The monoisotopic (exact) mass is 266 g/mol. The molecule has 104 valence electrons. The van der Waals surface area contributed by atoms with Gasteiger partial charge in [0.1, 0.15) is 0 Å². The molecule has 0 bridgehead atoms. The Morgan fingerprint density at radius 2 is 2.16 bits per heavy atom. The summed E-state index contributed by atoms with van der Waals surface area (Å²) in [4.78, 5) is 22.9. The molecule has 2 unspecified atom stereocenters. The zero-order chi connectivity index (χ0) is 13.7. The van der Waals surface area contributed by atoms with Crippen molar-refractivity contribution < 1.29 is 14.7 Å². The normalized spacial score (nSPS) is 22.3. The van der Waals surface area contributed by atoms with E-state index >= 15 is 0 Å². The summed E-state index contributed by atoms with van der Waals surface area (Å²) in [5.41, 5.74) is 0. The molecule has 1 fully saturated rings. The number of aryl methyl sites for hydroxylation is 1. The molecule has 0 saturated heterocycles. The van der Waals surface area contributed by atoms with Crippen LogP contribution in [0.25, 0.3) is 0 Å². The molecule has 2 rings (SSSR count). The number of rotatable bonds is 6. The molecule has 0 aromatic carbocycles. The lowest BCUT2D eigenvalue weighted by molar-refractivity contribution is -0.146. The van der Waals surface area contributed by atoms with Crippen LogP contribution in [-0.2, 0) is 16.1 Å². The lowest BCUT2D eigenvalue weighted by atomic mass is 9.95. The molecule has 7 nitrogen and oxygen atoms in total. The molecular formula is C12H18N4O3. The van der Waals surface area contributed by atoms with Gasteiger partial charge in [-0.2, -0.15) is 0 Å². The fraction of sp³-hybridized carbons (Fsp3) is 0.667. The second kappa shape index (κ2) is 6.31. The number of hydrogen-bond donors (Lipinski definition) is 2. The summed E-state index contributed by atoms with van der Waals surface area (Å²) in [6, 6.07) is 0. The molecule has 2 atom stereocenters. The maximum atomic E-state index is 11.9. The van der Waals surface area contributed by atoms with E-state index in [9.17, 15) is 9.59 Å². The van der Waals surface area contributed by atoms with E-state index in [1.54, 1.807) is 17.1 Å². The lowest BCUT2D eigenvalue weighted by Crippen LogP contribution is -2.36. The molecule has 1 heterocycles. The predicted molar refractivity (Wildman–Crippen MR) is 66.1 cm³/mol. The highest BCUT2D eigenvalue weighted by molar-refractivity contribution is 5.85. The van der Waals surface area contributed by atoms with Crippen LogP contribution in [0.2, 0.25) is 0 Å². The number of aliphatic carboxylic acids is 1. The zero-order valence-corrected chi connectivity index (χ0v) is 10.7. The Balaban J connectivity index is 1.70. The van der Waals surface area contributed by atoms with Gasteiger partial charge < -0.3 is 10.4 Å². The van der Waals surface area contributed by atoms with Gasteiger partial charge in [0.25, 0.3) is 0 Å². The standard InChI is InChI=1S/C12H18N4O3/c17-11(9-3-1-4-10(9)12(18)19)13-5-2-7-16-8-6-14-15-16/h6,8-10H,1-5,7H2,(H,13,17)(H,18,19). The van der Waals surface area contributed by atoms with E-state index in [0.29, 0.717) is 25.9 Å².